The summed E-state index contributed by atoms with van der Waals surface area (Å²) in [6.45, 7) is 4.78. The smallest absolute Gasteiger partial charge is 0.263 e. The van der Waals surface area contributed by atoms with Crippen LogP contribution in [0, 0.1) is 6.92 Å². The number of likely N-dealkylation sites (tertiary alicyclic amines) is 1. The number of hydrogen-bond acceptors (Lipinski definition) is 4. The van der Waals surface area contributed by atoms with Crippen LogP contribution >= 0.6 is 11.3 Å². The Balaban J connectivity index is 1.34. The summed E-state index contributed by atoms with van der Waals surface area (Å²) in [5.74, 6) is 0.0147. The molecule has 2 heterocycles. The van der Waals surface area contributed by atoms with Crippen molar-refractivity contribution in [2.75, 3.05) is 13.1 Å². The maximum Gasteiger partial charge on any atom is 0.263 e. The molecule has 0 aliphatic carbocycles. The predicted octanol–water partition coefficient (Wildman–Crippen LogP) is 4.05. The third-order valence-electron chi connectivity index (χ3n) is 5.10. The number of thiazole rings is 1. The molecule has 1 unspecified atom stereocenters. The van der Waals surface area contributed by atoms with Crippen molar-refractivity contribution in [1.29, 1.82) is 0 Å². The quantitative estimate of drug-likeness (QED) is 0.690. The Morgan fingerprint density at radius 2 is 1.79 bits per heavy atom. The Morgan fingerprint density at radius 1 is 1.11 bits per heavy atom. The lowest BCUT2D eigenvalue weighted by molar-refractivity contribution is 0.0941. The molecule has 5 heteroatoms. The Hall–Kier alpha value is -2.50. The molecule has 0 radical (unpaired) electrons. The zero-order chi connectivity index (χ0) is 19.3. The van der Waals surface area contributed by atoms with E-state index in [0.717, 1.165) is 48.1 Å². The van der Waals surface area contributed by atoms with E-state index in [4.69, 9.17) is 0 Å². The van der Waals surface area contributed by atoms with E-state index in [0.29, 0.717) is 0 Å². The number of nitrogens with zero attached hydrogens (tertiary/aromatic N) is 2. The average molecular weight is 392 g/mol. The number of aryl methyl sites for hydroxylation is 1. The van der Waals surface area contributed by atoms with E-state index in [1.54, 1.807) is 0 Å². The van der Waals surface area contributed by atoms with Gasteiger partial charge in [-0.05, 0) is 24.5 Å². The van der Waals surface area contributed by atoms with Gasteiger partial charge in [-0.2, -0.15) is 0 Å². The van der Waals surface area contributed by atoms with Crippen LogP contribution in [0.2, 0.25) is 0 Å². The summed E-state index contributed by atoms with van der Waals surface area (Å²) in [6, 6.07) is 21.0. The normalized spacial score (nSPS) is 17.0. The first-order valence-corrected chi connectivity index (χ1v) is 10.6. The van der Waals surface area contributed by atoms with E-state index >= 15 is 0 Å². The number of nitrogens with one attached hydrogen (secondary N) is 1. The van der Waals surface area contributed by atoms with E-state index in [9.17, 15) is 4.79 Å². The molecule has 1 atom stereocenters. The summed E-state index contributed by atoms with van der Waals surface area (Å²) in [6.07, 6.45) is 1.77. The van der Waals surface area contributed by atoms with Crippen molar-refractivity contribution in [3.8, 4) is 0 Å². The van der Waals surface area contributed by atoms with Crippen molar-refractivity contribution in [2.24, 2.45) is 0 Å². The lowest BCUT2D eigenvalue weighted by Crippen LogP contribution is -2.36. The number of hydrogen-bond donors (Lipinski definition) is 1. The second kappa shape index (κ2) is 8.67. The van der Waals surface area contributed by atoms with Crippen molar-refractivity contribution in [1.82, 2.24) is 15.2 Å². The first kappa shape index (κ1) is 18.8. The highest BCUT2D eigenvalue weighted by Crippen LogP contribution is 2.22. The van der Waals surface area contributed by atoms with Gasteiger partial charge in [0.15, 0.2) is 0 Å². The molecule has 4 nitrogen and oxygen atoms in total. The van der Waals surface area contributed by atoms with Gasteiger partial charge >= 0.3 is 0 Å². The van der Waals surface area contributed by atoms with Crippen LogP contribution in [0.3, 0.4) is 0 Å². The molecular weight excluding hydrogens is 366 g/mol. The Bertz CT molecular complexity index is 924. The van der Waals surface area contributed by atoms with Crippen molar-refractivity contribution in [3.05, 3.63) is 87.4 Å². The first-order valence-electron chi connectivity index (χ1n) is 9.75. The fraction of sp³-hybridized carbons (Fsp3) is 0.304. The summed E-state index contributed by atoms with van der Waals surface area (Å²) < 4.78 is 0. The molecular formula is C23H25N3OS. The topological polar surface area (TPSA) is 45.2 Å². The predicted molar refractivity (Wildman–Crippen MR) is 114 cm³/mol. The lowest BCUT2D eigenvalue weighted by Gasteiger charge is -2.16. The summed E-state index contributed by atoms with van der Waals surface area (Å²) in [4.78, 5) is 20.6. The third kappa shape index (κ3) is 4.66. The summed E-state index contributed by atoms with van der Waals surface area (Å²) in [5, 5.41) is 4.21. The summed E-state index contributed by atoms with van der Waals surface area (Å²) in [7, 11) is 0. The number of carbonyl (C=O) groups is 1. The minimum Gasteiger partial charge on any atom is -0.347 e. The Morgan fingerprint density at radius 3 is 2.50 bits per heavy atom. The molecule has 1 aromatic heterocycles. The van der Waals surface area contributed by atoms with Crippen LogP contribution in [0.25, 0.3) is 0 Å². The van der Waals surface area contributed by atoms with Gasteiger partial charge in [-0.25, -0.2) is 4.98 Å². The van der Waals surface area contributed by atoms with Gasteiger partial charge in [0.2, 0.25) is 0 Å². The highest BCUT2D eigenvalue weighted by molar-refractivity contribution is 7.13. The van der Waals surface area contributed by atoms with Crippen LogP contribution in [0.1, 0.15) is 37.9 Å². The molecule has 28 heavy (non-hydrogen) atoms. The summed E-state index contributed by atoms with van der Waals surface area (Å²) in [5.41, 5.74) is 3.36. The van der Waals surface area contributed by atoms with E-state index in [2.05, 4.69) is 51.6 Å². The molecule has 0 bridgehead atoms. The second-order valence-corrected chi connectivity index (χ2v) is 8.45. The van der Waals surface area contributed by atoms with Crippen LogP contribution in [-0.2, 0) is 13.0 Å². The van der Waals surface area contributed by atoms with Gasteiger partial charge in [-0.1, -0.05) is 60.7 Å². The molecule has 3 aromatic rings. The molecule has 1 aliphatic rings. The lowest BCUT2D eigenvalue weighted by atomic mass is 10.2. The molecule has 1 N–H and O–H groups in total. The molecule has 4 rings (SSSR count). The summed E-state index contributed by atoms with van der Waals surface area (Å²) >= 11 is 1.51. The molecule has 1 amide bonds. The molecule has 1 saturated heterocycles. The van der Waals surface area contributed by atoms with Crippen molar-refractivity contribution >= 4 is 17.2 Å². The van der Waals surface area contributed by atoms with Crippen molar-refractivity contribution < 1.29 is 4.79 Å². The van der Waals surface area contributed by atoms with E-state index < -0.39 is 0 Å². The van der Waals surface area contributed by atoms with Crippen LogP contribution in [0.4, 0.5) is 0 Å². The fourth-order valence-electron chi connectivity index (χ4n) is 3.70. The van der Waals surface area contributed by atoms with Crippen LogP contribution in [-0.4, -0.2) is 34.9 Å². The zero-order valence-corrected chi connectivity index (χ0v) is 16.9. The van der Waals surface area contributed by atoms with Gasteiger partial charge in [0.1, 0.15) is 4.88 Å². The SMILES string of the molecule is Cc1nc(Cc2ccccc2)sc1C(=O)NC1CCN(Cc2ccccc2)C1. The monoisotopic (exact) mass is 391 g/mol. The van der Waals surface area contributed by atoms with Gasteiger partial charge in [0, 0.05) is 32.1 Å². The van der Waals surface area contributed by atoms with Crippen LogP contribution in [0.15, 0.2) is 60.7 Å². The number of benzene rings is 2. The van der Waals surface area contributed by atoms with Gasteiger partial charge in [-0.3, -0.25) is 9.69 Å². The molecule has 0 saturated carbocycles. The number of amides is 1. The highest BCUT2D eigenvalue weighted by Gasteiger charge is 2.25. The van der Waals surface area contributed by atoms with Crippen LogP contribution in [0.5, 0.6) is 0 Å². The van der Waals surface area contributed by atoms with E-state index in [-0.39, 0.29) is 11.9 Å². The zero-order valence-electron chi connectivity index (χ0n) is 16.1. The van der Waals surface area contributed by atoms with Gasteiger partial charge < -0.3 is 5.32 Å². The molecule has 144 valence electrons. The standard InChI is InChI=1S/C23H25N3OS/c1-17-22(28-21(24-17)14-18-8-4-2-5-9-18)23(27)25-20-12-13-26(16-20)15-19-10-6-3-7-11-19/h2-11,20H,12-16H2,1H3,(H,25,27). The molecule has 1 fully saturated rings. The third-order valence-corrected chi connectivity index (χ3v) is 6.26. The average Bonchev–Trinajstić information content (AvgIpc) is 3.29. The maximum atomic E-state index is 12.8. The minimum atomic E-state index is 0.0147. The Kier molecular flexibility index (Phi) is 5.84. The second-order valence-electron chi connectivity index (χ2n) is 7.36. The van der Waals surface area contributed by atoms with Crippen molar-refractivity contribution in [2.45, 2.75) is 32.4 Å². The fourth-order valence-corrected chi connectivity index (χ4v) is 4.70. The first-order chi connectivity index (χ1) is 13.7. The number of carbonyl (C=O) groups excluding carboxylic acids is 1. The molecule has 1 aliphatic heterocycles. The number of rotatable bonds is 6. The largest absolute Gasteiger partial charge is 0.347 e. The molecule has 2 aromatic carbocycles. The Labute approximate surface area is 170 Å². The maximum absolute atomic E-state index is 12.8. The number of aromatic nitrogens is 1. The molecule has 0 spiro atoms. The van der Waals surface area contributed by atoms with Gasteiger partial charge in [-0.15, -0.1) is 11.3 Å². The minimum absolute atomic E-state index is 0.0147. The van der Waals surface area contributed by atoms with Gasteiger partial charge in [0.25, 0.3) is 5.91 Å². The van der Waals surface area contributed by atoms with Gasteiger partial charge in [0.05, 0.1) is 10.7 Å². The van der Waals surface area contributed by atoms with Crippen molar-refractivity contribution in [3.63, 3.8) is 0 Å². The van der Waals surface area contributed by atoms with E-state index in [1.807, 2.05) is 31.2 Å². The van der Waals surface area contributed by atoms with E-state index in [1.165, 1.54) is 22.5 Å². The highest BCUT2D eigenvalue weighted by atomic mass is 32.1. The van der Waals surface area contributed by atoms with Crippen LogP contribution < -0.4 is 5.32 Å².